The molecule has 0 atom stereocenters. The van der Waals surface area contributed by atoms with Crippen LogP contribution in [0, 0.1) is 0 Å². The second kappa shape index (κ2) is 9.25. The molecule has 0 unspecified atom stereocenters. The Balaban J connectivity index is 0.00000529. The number of benzene rings is 1. The van der Waals surface area contributed by atoms with Crippen LogP contribution >= 0.6 is 0 Å². The van der Waals surface area contributed by atoms with Crippen LogP contribution in [0.5, 0.6) is 11.5 Å². The number of hydrogen-bond donors (Lipinski definition) is 0. The molecule has 0 aromatic heterocycles. The summed E-state index contributed by atoms with van der Waals surface area (Å²) in [5.41, 5.74) is -0.318. The van der Waals surface area contributed by atoms with Crippen molar-refractivity contribution in [3.8, 4) is 11.5 Å². The van der Waals surface area contributed by atoms with Crippen LogP contribution in [0.4, 0.5) is 13.2 Å². The maximum absolute atomic E-state index is 12.2. The van der Waals surface area contributed by atoms with Gasteiger partial charge in [-0.15, -0.1) is 13.2 Å². The van der Waals surface area contributed by atoms with Gasteiger partial charge < -0.3 is 19.3 Å². The number of rotatable bonds is 6. The molecule has 0 saturated carbocycles. The number of esters is 1. The minimum Gasteiger partial charge on any atom is -0.872 e. The molecule has 24 heavy (non-hydrogen) atoms. The van der Waals surface area contributed by atoms with E-state index in [1.54, 1.807) is 0 Å². The molecule has 0 saturated heterocycles. The molecule has 1 rings (SSSR count). The van der Waals surface area contributed by atoms with Crippen molar-refractivity contribution < 1.29 is 60.9 Å². The predicted octanol–water partition coefficient (Wildman–Crippen LogP) is -1.57. The molecule has 1 aromatic rings. The van der Waals surface area contributed by atoms with Gasteiger partial charge >= 0.3 is 31.2 Å². The van der Waals surface area contributed by atoms with E-state index in [0.29, 0.717) is 6.08 Å². The Morgan fingerprint density at radius 2 is 1.79 bits per heavy atom. The number of carbonyl (C=O) groups excluding carboxylic acids is 2. The summed E-state index contributed by atoms with van der Waals surface area (Å²) >= 11 is 0. The molecule has 0 radical (unpaired) electrons. The molecule has 0 heterocycles. The second-order valence-electron chi connectivity index (χ2n) is 4.04. The zero-order chi connectivity index (χ0) is 17.6. The van der Waals surface area contributed by atoms with Gasteiger partial charge in [0.1, 0.15) is 11.5 Å². The minimum atomic E-state index is -4.96. The molecule has 0 spiro atoms. The van der Waals surface area contributed by atoms with Gasteiger partial charge in [0.2, 0.25) is 0 Å². The largest absolute Gasteiger partial charge is 1.00 e. The molecule has 0 aliphatic carbocycles. The van der Waals surface area contributed by atoms with Crippen LogP contribution in [0.2, 0.25) is 0 Å². The van der Waals surface area contributed by atoms with Crippen molar-refractivity contribution in [2.45, 2.75) is 13.3 Å². The summed E-state index contributed by atoms with van der Waals surface area (Å²) in [6, 6.07) is 2.78. The number of methoxy groups -OCH3 is 1. The van der Waals surface area contributed by atoms with Gasteiger partial charge in [-0.05, 0) is 30.7 Å². The van der Waals surface area contributed by atoms with Gasteiger partial charge in [-0.25, -0.2) is 4.79 Å². The van der Waals surface area contributed by atoms with Gasteiger partial charge in [-0.2, -0.15) is 0 Å². The van der Waals surface area contributed by atoms with E-state index in [0.717, 1.165) is 18.2 Å². The standard InChI is InChI=1S/C14H13F3O6.Li/c1-3-22-13(20)12(19)7-11(18)8-4-9(21-2)6-10(5-8)23-14(15,16)17;/h4-7,18H,3H2,1-2H3;/q;+1/p-1/b11-7-;. The predicted molar refractivity (Wildman–Crippen MR) is 69.3 cm³/mol. The van der Waals surface area contributed by atoms with Crippen molar-refractivity contribution in [3.05, 3.63) is 29.8 Å². The van der Waals surface area contributed by atoms with Crippen LogP contribution < -0.4 is 33.4 Å². The van der Waals surface area contributed by atoms with Gasteiger partial charge in [0.15, 0.2) is 0 Å². The fourth-order valence-corrected chi connectivity index (χ4v) is 1.49. The first-order valence-corrected chi connectivity index (χ1v) is 6.21. The van der Waals surface area contributed by atoms with Crippen molar-refractivity contribution in [2.75, 3.05) is 13.7 Å². The van der Waals surface area contributed by atoms with E-state index < -0.39 is 29.6 Å². The number of ether oxygens (including phenoxy) is 3. The molecular formula is C14H12F3LiO6. The molecule has 0 aliphatic heterocycles. The van der Waals surface area contributed by atoms with E-state index in [1.807, 2.05) is 0 Å². The van der Waals surface area contributed by atoms with Gasteiger partial charge in [0, 0.05) is 6.07 Å². The van der Waals surface area contributed by atoms with Crippen LogP contribution in [0.25, 0.3) is 5.76 Å². The monoisotopic (exact) mass is 340 g/mol. The first-order valence-electron chi connectivity index (χ1n) is 6.21. The van der Waals surface area contributed by atoms with E-state index in [9.17, 15) is 27.9 Å². The van der Waals surface area contributed by atoms with E-state index in [2.05, 4.69) is 9.47 Å². The molecule has 6 nitrogen and oxygen atoms in total. The summed E-state index contributed by atoms with van der Waals surface area (Å²) in [5.74, 6) is -4.24. The molecule has 126 valence electrons. The Labute approximate surface area is 147 Å². The van der Waals surface area contributed by atoms with Crippen LogP contribution in [-0.4, -0.2) is 31.8 Å². The van der Waals surface area contributed by atoms with Crippen LogP contribution in [0.15, 0.2) is 24.3 Å². The number of ketones is 1. The van der Waals surface area contributed by atoms with E-state index in [1.165, 1.54) is 14.0 Å². The Morgan fingerprint density at radius 1 is 1.21 bits per heavy atom. The summed E-state index contributed by atoms with van der Waals surface area (Å²) in [6.07, 6.45) is -4.54. The van der Waals surface area contributed by atoms with E-state index in [-0.39, 0.29) is 36.8 Å². The van der Waals surface area contributed by atoms with Crippen LogP contribution in [-0.2, 0) is 14.3 Å². The third kappa shape index (κ3) is 6.98. The van der Waals surface area contributed by atoms with Crippen molar-refractivity contribution in [2.24, 2.45) is 0 Å². The number of alkyl halides is 3. The van der Waals surface area contributed by atoms with Gasteiger partial charge in [0.05, 0.1) is 13.7 Å². The zero-order valence-electron chi connectivity index (χ0n) is 13.1. The fraction of sp³-hybridized carbons (Fsp3) is 0.286. The Hall–Kier alpha value is -2.11. The number of carbonyl (C=O) groups is 2. The molecular weight excluding hydrogens is 328 g/mol. The Kier molecular flexibility index (Phi) is 8.43. The summed E-state index contributed by atoms with van der Waals surface area (Å²) in [4.78, 5) is 22.5. The third-order valence-corrected chi connectivity index (χ3v) is 2.37. The molecule has 1 aromatic carbocycles. The van der Waals surface area contributed by atoms with Crippen molar-refractivity contribution >= 4 is 17.5 Å². The van der Waals surface area contributed by atoms with Crippen molar-refractivity contribution in [1.82, 2.24) is 0 Å². The smallest absolute Gasteiger partial charge is 0.872 e. The van der Waals surface area contributed by atoms with E-state index in [4.69, 9.17) is 4.74 Å². The molecule has 0 fully saturated rings. The topological polar surface area (TPSA) is 84.9 Å². The maximum Gasteiger partial charge on any atom is 1.00 e. The van der Waals surface area contributed by atoms with Crippen molar-refractivity contribution in [3.63, 3.8) is 0 Å². The molecule has 10 heteroatoms. The summed E-state index contributed by atoms with van der Waals surface area (Å²) < 4.78 is 49.6. The average molecular weight is 340 g/mol. The van der Waals surface area contributed by atoms with Gasteiger partial charge in [0.25, 0.3) is 5.78 Å². The van der Waals surface area contributed by atoms with Crippen LogP contribution in [0.1, 0.15) is 12.5 Å². The fourth-order valence-electron chi connectivity index (χ4n) is 1.49. The van der Waals surface area contributed by atoms with E-state index >= 15 is 0 Å². The number of hydrogen-bond acceptors (Lipinski definition) is 6. The van der Waals surface area contributed by atoms with Gasteiger partial charge in [-0.1, -0.05) is 5.76 Å². The SMILES string of the molecule is CCOC(=O)C(=O)/C=C(\[O-])c1cc(OC)cc(OC(F)(F)F)c1.[Li+]. The third-order valence-electron chi connectivity index (χ3n) is 2.37. The first kappa shape index (κ1) is 21.9. The Bertz CT molecular complexity index is 627. The molecule has 0 amide bonds. The summed E-state index contributed by atoms with van der Waals surface area (Å²) in [7, 11) is 1.18. The molecule has 0 bridgehead atoms. The Morgan fingerprint density at radius 3 is 2.29 bits per heavy atom. The van der Waals surface area contributed by atoms with Crippen molar-refractivity contribution in [1.29, 1.82) is 0 Å². The molecule has 0 aliphatic rings. The summed E-state index contributed by atoms with van der Waals surface area (Å²) in [5, 5.41) is 11.9. The first-order chi connectivity index (χ1) is 10.7. The summed E-state index contributed by atoms with van der Waals surface area (Å²) in [6.45, 7) is 1.41. The van der Waals surface area contributed by atoms with Gasteiger partial charge in [-0.3, -0.25) is 4.79 Å². The second-order valence-corrected chi connectivity index (χ2v) is 4.04. The number of halogens is 3. The maximum atomic E-state index is 12.2. The minimum absolute atomic E-state index is 0. The normalized spacial score (nSPS) is 11.3. The average Bonchev–Trinajstić information content (AvgIpc) is 2.45. The van der Waals surface area contributed by atoms with Crippen LogP contribution in [0.3, 0.4) is 0 Å². The molecule has 0 N–H and O–H groups in total. The quantitative estimate of drug-likeness (QED) is 0.205. The zero-order valence-corrected chi connectivity index (χ0v) is 13.1.